The third-order valence-corrected chi connectivity index (χ3v) is 4.10. The van der Waals surface area contributed by atoms with Crippen LogP contribution >= 0.6 is 23.4 Å². The van der Waals surface area contributed by atoms with Crippen molar-refractivity contribution in [3.63, 3.8) is 0 Å². The highest BCUT2D eigenvalue weighted by atomic mass is 35.5. The lowest BCUT2D eigenvalue weighted by Crippen LogP contribution is -1.98. The molecule has 0 saturated carbocycles. The van der Waals surface area contributed by atoms with E-state index in [0.29, 0.717) is 15.9 Å². The van der Waals surface area contributed by atoms with Crippen molar-refractivity contribution in [2.24, 2.45) is 0 Å². The second-order valence-corrected chi connectivity index (χ2v) is 5.47. The molecule has 0 aliphatic carbocycles. The summed E-state index contributed by atoms with van der Waals surface area (Å²) >= 11 is 7.42. The van der Waals surface area contributed by atoms with Crippen LogP contribution < -0.4 is 5.73 Å². The van der Waals surface area contributed by atoms with E-state index >= 15 is 0 Å². The van der Waals surface area contributed by atoms with E-state index in [9.17, 15) is 0 Å². The number of nitrogen functional groups attached to an aromatic ring is 1. The summed E-state index contributed by atoms with van der Waals surface area (Å²) < 4.78 is 0. The quantitative estimate of drug-likeness (QED) is 0.671. The highest BCUT2D eigenvalue weighted by molar-refractivity contribution is 7.99. The first-order valence-electron chi connectivity index (χ1n) is 5.52. The first kappa shape index (κ1) is 13.2. The second-order valence-electron chi connectivity index (χ2n) is 4.06. The monoisotopic (exact) mass is 279 g/mol. The van der Waals surface area contributed by atoms with Gasteiger partial charge in [-0.15, -0.1) is 0 Å². The third kappa shape index (κ3) is 2.60. The molecule has 2 aromatic rings. The van der Waals surface area contributed by atoms with Gasteiger partial charge < -0.3 is 5.73 Å². The maximum absolute atomic E-state index is 5.99. The van der Waals surface area contributed by atoms with E-state index in [1.54, 1.807) is 6.07 Å². The zero-order valence-electron chi connectivity index (χ0n) is 10.5. The van der Waals surface area contributed by atoms with Crippen molar-refractivity contribution in [3.05, 3.63) is 40.2 Å². The van der Waals surface area contributed by atoms with Crippen LogP contribution in [-0.2, 0) is 0 Å². The van der Waals surface area contributed by atoms with Crippen LogP contribution in [0.15, 0.2) is 28.3 Å². The Hall–Kier alpha value is -1.26. The van der Waals surface area contributed by atoms with E-state index in [0.717, 1.165) is 21.8 Å². The fourth-order valence-electron chi connectivity index (χ4n) is 1.49. The topological polar surface area (TPSA) is 51.8 Å². The van der Waals surface area contributed by atoms with Crippen molar-refractivity contribution in [2.75, 3.05) is 5.73 Å². The number of rotatable bonds is 2. The molecule has 94 valence electrons. The molecule has 3 nitrogen and oxygen atoms in total. The molecule has 0 unspecified atom stereocenters. The largest absolute Gasteiger partial charge is 0.397 e. The van der Waals surface area contributed by atoms with Crippen LogP contribution in [0.2, 0.25) is 5.02 Å². The summed E-state index contributed by atoms with van der Waals surface area (Å²) in [5.41, 5.74) is 9.61. The Labute approximate surface area is 116 Å². The molecule has 0 amide bonds. The van der Waals surface area contributed by atoms with Crippen molar-refractivity contribution in [1.82, 2.24) is 9.97 Å². The molecule has 18 heavy (non-hydrogen) atoms. The minimum absolute atomic E-state index is 0.556. The van der Waals surface area contributed by atoms with Crippen molar-refractivity contribution >= 4 is 29.1 Å². The first-order chi connectivity index (χ1) is 8.49. The third-order valence-electron chi connectivity index (χ3n) is 2.83. The van der Waals surface area contributed by atoms with Gasteiger partial charge in [0.15, 0.2) is 5.16 Å². The molecule has 2 rings (SSSR count). The number of anilines is 1. The predicted octanol–water partition coefficient (Wildman–Crippen LogP) is 3.79. The number of nitrogens with two attached hydrogens (primary N) is 1. The minimum atomic E-state index is 0.556. The van der Waals surface area contributed by atoms with Gasteiger partial charge in [0.1, 0.15) is 0 Å². The molecule has 0 atom stereocenters. The number of benzene rings is 1. The Morgan fingerprint density at radius 3 is 2.33 bits per heavy atom. The average molecular weight is 280 g/mol. The smallest absolute Gasteiger partial charge is 0.192 e. The number of aromatic nitrogens is 2. The van der Waals surface area contributed by atoms with Gasteiger partial charge in [0, 0.05) is 16.3 Å². The summed E-state index contributed by atoms with van der Waals surface area (Å²) in [6.07, 6.45) is 0. The predicted molar refractivity (Wildman–Crippen MR) is 76.2 cm³/mol. The zero-order valence-corrected chi connectivity index (χ0v) is 12.1. The molecular weight excluding hydrogens is 266 g/mol. The summed E-state index contributed by atoms with van der Waals surface area (Å²) in [5.74, 6) is 0. The minimum Gasteiger partial charge on any atom is -0.397 e. The van der Waals surface area contributed by atoms with Gasteiger partial charge in [0.05, 0.1) is 10.7 Å². The summed E-state index contributed by atoms with van der Waals surface area (Å²) in [7, 11) is 0. The molecule has 0 aliphatic rings. The van der Waals surface area contributed by atoms with E-state index < -0.39 is 0 Å². The fraction of sp³-hybridized carbons (Fsp3) is 0.231. The summed E-state index contributed by atoms with van der Waals surface area (Å²) in [6, 6.07) is 5.56. The van der Waals surface area contributed by atoms with Gasteiger partial charge in [0.25, 0.3) is 0 Å². The van der Waals surface area contributed by atoms with E-state index in [-0.39, 0.29) is 0 Å². The molecule has 0 saturated heterocycles. The van der Waals surface area contributed by atoms with Gasteiger partial charge in [-0.25, -0.2) is 9.97 Å². The van der Waals surface area contributed by atoms with Crippen molar-refractivity contribution in [3.8, 4) is 0 Å². The molecule has 0 spiro atoms. The SMILES string of the molecule is Cc1nc(Sc2cccc(Cl)c2N)nc(C)c1C. The molecule has 1 aromatic carbocycles. The number of nitrogens with zero attached hydrogens (tertiary/aromatic N) is 2. The van der Waals surface area contributed by atoms with Gasteiger partial charge in [-0.3, -0.25) is 0 Å². The first-order valence-corrected chi connectivity index (χ1v) is 6.72. The van der Waals surface area contributed by atoms with Gasteiger partial charge >= 0.3 is 0 Å². The zero-order chi connectivity index (χ0) is 13.3. The Morgan fingerprint density at radius 1 is 1.11 bits per heavy atom. The Kier molecular flexibility index (Phi) is 3.78. The maximum atomic E-state index is 5.99. The van der Waals surface area contributed by atoms with E-state index in [2.05, 4.69) is 9.97 Å². The molecule has 1 aromatic heterocycles. The Morgan fingerprint density at radius 2 is 1.72 bits per heavy atom. The fourth-order valence-corrected chi connectivity index (χ4v) is 2.65. The standard InChI is InChI=1S/C13H14ClN3S/c1-7-8(2)16-13(17-9(7)3)18-11-6-4-5-10(14)12(11)15/h4-6H,15H2,1-3H3. The molecule has 0 bridgehead atoms. The van der Waals surface area contributed by atoms with Crippen LogP contribution in [0, 0.1) is 20.8 Å². The van der Waals surface area contributed by atoms with Crippen molar-refractivity contribution in [1.29, 1.82) is 0 Å². The van der Waals surface area contributed by atoms with Gasteiger partial charge in [0.2, 0.25) is 0 Å². The van der Waals surface area contributed by atoms with Crippen LogP contribution in [0.4, 0.5) is 5.69 Å². The lowest BCUT2D eigenvalue weighted by atomic mass is 10.2. The number of hydrogen-bond acceptors (Lipinski definition) is 4. The van der Waals surface area contributed by atoms with Crippen LogP contribution in [0.25, 0.3) is 0 Å². The van der Waals surface area contributed by atoms with E-state index in [4.69, 9.17) is 17.3 Å². The van der Waals surface area contributed by atoms with Gasteiger partial charge in [-0.1, -0.05) is 17.7 Å². The normalized spacial score (nSPS) is 10.7. The molecule has 0 aliphatic heterocycles. The lowest BCUT2D eigenvalue weighted by molar-refractivity contribution is 0.881. The molecule has 2 N–H and O–H groups in total. The second kappa shape index (κ2) is 5.16. The van der Waals surface area contributed by atoms with Crippen LogP contribution in [0.5, 0.6) is 0 Å². The molecule has 0 fully saturated rings. The van der Waals surface area contributed by atoms with Crippen LogP contribution in [0.3, 0.4) is 0 Å². The molecule has 5 heteroatoms. The Bertz CT molecular complexity index is 576. The number of aryl methyl sites for hydroxylation is 2. The van der Waals surface area contributed by atoms with Crippen molar-refractivity contribution in [2.45, 2.75) is 30.8 Å². The summed E-state index contributed by atoms with van der Waals surface area (Å²) in [5, 5.41) is 1.25. The summed E-state index contributed by atoms with van der Waals surface area (Å²) in [6.45, 7) is 5.98. The Balaban J connectivity index is 2.37. The average Bonchev–Trinajstić information content (AvgIpc) is 2.32. The number of hydrogen-bond donors (Lipinski definition) is 1. The van der Waals surface area contributed by atoms with Crippen LogP contribution in [-0.4, -0.2) is 9.97 Å². The molecule has 1 heterocycles. The number of halogens is 1. The van der Waals surface area contributed by atoms with Crippen LogP contribution in [0.1, 0.15) is 17.0 Å². The maximum Gasteiger partial charge on any atom is 0.192 e. The number of para-hydroxylation sites is 1. The van der Waals surface area contributed by atoms with Crippen molar-refractivity contribution < 1.29 is 0 Å². The van der Waals surface area contributed by atoms with Gasteiger partial charge in [-0.2, -0.15) is 0 Å². The lowest BCUT2D eigenvalue weighted by Gasteiger charge is -2.08. The molecular formula is C13H14ClN3S. The summed E-state index contributed by atoms with van der Waals surface area (Å²) in [4.78, 5) is 9.79. The highest BCUT2D eigenvalue weighted by Gasteiger charge is 2.09. The van der Waals surface area contributed by atoms with E-state index in [1.165, 1.54) is 11.8 Å². The molecule has 0 radical (unpaired) electrons. The van der Waals surface area contributed by atoms with E-state index in [1.807, 2.05) is 32.9 Å². The van der Waals surface area contributed by atoms with Gasteiger partial charge in [-0.05, 0) is 50.2 Å². The highest BCUT2D eigenvalue weighted by Crippen LogP contribution is 2.34.